The monoisotopic (exact) mass is 397 g/mol. The van der Waals surface area contributed by atoms with Crippen LogP contribution in [0.1, 0.15) is 16.6 Å². The number of ketones is 1. The van der Waals surface area contributed by atoms with Crippen LogP contribution in [0.25, 0.3) is 11.6 Å². The third kappa shape index (κ3) is 3.18. The van der Waals surface area contributed by atoms with Crippen molar-refractivity contribution in [2.24, 2.45) is 0 Å². The lowest BCUT2D eigenvalue weighted by Crippen LogP contribution is -2.03. The van der Waals surface area contributed by atoms with E-state index in [-0.39, 0.29) is 5.78 Å². The summed E-state index contributed by atoms with van der Waals surface area (Å²) < 4.78 is 8.27. The second kappa shape index (κ2) is 6.80. The molecule has 3 aromatic rings. The summed E-state index contributed by atoms with van der Waals surface area (Å²) in [6.07, 6.45) is 1.61. The fourth-order valence-corrected chi connectivity index (χ4v) is 4.23. The van der Waals surface area contributed by atoms with Gasteiger partial charge in [-0.15, -0.1) is 21.5 Å². The summed E-state index contributed by atoms with van der Waals surface area (Å²) in [6, 6.07) is 7.37. The van der Waals surface area contributed by atoms with Crippen molar-refractivity contribution in [3.05, 3.63) is 39.2 Å². The molecule has 0 aliphatic carbocycles. The highest BCUT2D eigenvalue weighted by Crippen LogP contribution is 2.27. The van der Waals surface area contributed by atoms with Gasteiger partial charge >= 0.3 is 0 Å². The molecule has 3 aromatic heterocycles. The summed E-state index contributed by atoms with van der Waals surface area (Å²) in [5.74, 6) is 1.78. The van der Waals surface area contributed by atoms with Crippen LogP contribution in [-0.4, -0.2) is 26.3 Å². The number of rotatable bonds is 6. The molecule has 0 saturated heterocycles. The molecule has 0 bridgehead atoms. The Morgan fingerprint density at radius 2 is 2.27 bits per heavy atom. The van der Waals surface area contributed by atoms with Crippen LogP contribution in [0.2, 0.25) is 0 Å². The smallest absolute Gasteiger partial charge is 0.200 e. The minimum atomic E-state index is 0.0888. The fraction of sp³-hybridized carbons (Fsp3) is 0.214. The van der Waals surface area contributed by atoms with Crippen LogP contribution in [0.4, 0.5) is 0 Å². The van der Waals surface area contributed by atoms with Crippen LogP contribution in [0, 0.1) is 0 Å². The molecule has 0 aliphatic heterocycles. The van der Waals surface area contributed by atoms with Crippen LogP contribution in [-0.2, 0) is 6.54 Å². The molecule has 114 valence electrons. The van der Waals surface area contributed by atoms with Gasteiger partial charge in [0.05, 0.1) is 20.7 Å². The maximum absolute atomic E-state index is 12.2. The SMILES string of the molecule is CCn1c(SCC(=O)c2ccc(Br)s2)nnc1-c1ccco1. The number of furan rings is 1. The van der Waals surface area contributed by atoms with Crippen LogP contribution in [0.3, 0.4) is 0 Å². The van der Waals surface area contributed by atoms with Gasteiger partial charge in [0.2, 0.25) is 0 Å². The number of hydrogen-bond donors (Lipinski definition) is 0. The summed E-state index contributed by atoms with van der Waals surface area (Å²) in [4.78, 5) is 12.9. The van der Waals surface area contributed by atoms with Crippen molar-refractivity contribution in [2.45, 2.75) is 18.6 Å². The quantitative estimate of drug-likeness (QED) is 0.456. The normalized spacial score (nSPS) is 11.0. The summed E-state index contributed by atoms with van der Waals surface area (Å²) >= 11 is 6.20. The Kier molecular flexibility index (Phi) is 4.80. The molecule has 0 N–H and O–H groups in total. The molecule has 0 aromatic carbocycles. The van der Waals surface area contributed by atoms with Gasteiger partial charge in [0, 0.05) is 6.54 Å². The number of carbonyl (C=O) groups is 1. The van der Waals surface area contributed by atoms with Crippen LogP contribution in [0.5, 0.6) is 0 Å². The predicted molar refractivity (Wildman–Crippen MR) is 90.5 cm³/mol. The van der Waals surface area contributed by atoms with Crippen LogP contribution < -0.4 is 0 Å². The second-order valence-corrected chi connectivity index (χ2v) is 7.75. The van der Waals surface area contributed by atoms with Crippen LogP contribution in [0.15, 0.2) is 43.9 Å². The average molecular weight is 398 g/mol. The maximum Gasteiger partial charge on any atom is 0.200 e. The van der Waals surface area contributed by atoms with E-state index in [9.17, 15) is 4.79 Å². The third-order valence-corrected chi connectivity index (χ3v) is 5.59. The molecule has 5 nitrogen and oxygen atoms in total. The number of thioether (sulfide) groups is 1. The summed E-state index contributed by atoms with van der Waals surface area (Å²) in [5.41, 5.74) is 0. The van der Waals surface area contributed by atoms with Crippen molar-refractivity contribution in [1.29, 1.82) is 0 Å². The Bertz CT molecular complexity index is 780. The molecule has 0 amide bonds. The molecule has 3 rings (SSSR count). The lowest BCUT2D eigenvalue weighted by atomic mass is 10.4. The summed E-state index contributed by atoms with van der Waals surface area (Å²) in [6.45, 7) is 2.72. The fourth-order valence-electron chi connectivity index (χ4n) is 1.93. The molecule has 0 fully saturated rings. The van der Waals surface area contributed by atoms with Gasteiger partial charge in [-0.2, -0.15) is 0 Å². The van der Waals surface area contributed by atoms with Gasteiger partial charge < -0.3 is 4.42 Å². The average Bonchev–Trinajstić information content (AvgIpc) is 3.24. The van der Waals surface area contributed by atoms with Gasteiger partial charge in [-0.3, -0.25) is 9.36 Å². The van der Waals surface area contributed by atoms with Crippen molar-refractivity contribution in [1.82, 2.24) is 14.8 Å². The van der Waals surface area contributed by atoms with E-state index < -0.39 is 0 Å². The van der Waals surface area contributed by atoms with Gasteiger partial charge in [-0.1, -0.05) is 11.8 Å². The van der Waals surface area contributed by atoms with E-state index >= 15 is 0 Å². The maximum atomic E-state index is 12.2. The molecule has 0 spiro atoms. The molecule has 0 aliphatic rings. The van der Waals surface area contributed by atoms with E-state index in [1.165, 1.54) is 23.1 Å². The Morgan fingerprint density at radius 1 is 1.41 bits per heavy atom. The Labute approximate surface area is 143 Å². The highest BCUT2D eigenvalue weighted by atomic mass is 79.9. The lowest BCUT2D eigenvalue weighted by molar-refractivity contribution is 0.102. The molecular weight excluding hydrogens is 386 g/mol. The van der Waals surface area contributed by atoms with Gasteiger partial charge in [0.25, 0.3) is 0 Å². The van der Waals surface area contributed by atoms with E-state index in [4.69, 9.17) is 4.42 Å². The number of thiophene rings is 1. The zero-order chi connectivity index (χ0) is 15.5. The van der Waals surface area contributed by atoms with E-state index in [2.05, 4.69) is 26.1 Å². The minimum absolute atomic E-state index is 0.0888. The Morgan fingerprint density at radius 3 is 2.91 bits per heavy atom. The Hall–Kier alpha value is -1.38. The first-order chi connectivity index (χ1) is 10.7. The van der Waals surface area contributed by atoms with Crippen molar-refractivity contribution < 1.29 is 9.21 Å². The van der Waals surface area contributed by atoms with Crippen molar-refractivity contribution in [2.75, 3.05) is 5.75 Å². The van der Waals surface area contributed by atoms with Crippen molar-refractivity contribution >= 4 is 44.8 Å². The molecular formula is C14H12BrN3O2S2. The highest BCUT2D eigenvalue weighted by Gasteiger charge is 2.17. The first-order valence-electron chi connectivity index (χ1n) is 6.57. The van der Waals surface area contributed by atoms with Gasteiger partial charge in [-0.05, 0) is 47.1 Å². The van der Waals surface area contributed by atoms with E-state index in [0.717, 1.165) is 13.8 Å². The zero-order valence-corrected chi connectivity index (χ0v) is 14.9. The topological polar surface area (TPSA) is 60.9 Å². The first-order valence-corrected chi connectivity index (χ1v) is 9.17. The molecule has 8 heteroatoms. The minimum Gasteiger partial charge on any atom is -0.461 e. The van der Waals surface area contributed by atoms with Crippen LogP contribution >= 0.6 is 39.0 Å². The molecule has 0 radical (unpaired) electrons. The number of aromatic nitrogens is 3. The van der Waals surface area contributed by atoms with E-state index in [0.29, 0.717) is 23.9 Å². The standard InChI is InChI=1S/C14H12BrN3O2S2/c1-2-18-13(10-4-3-7-20-10)16-17-14(18)21-8-9(19)11-5-6-12(15)22-11/h3-7H,2,8H2,1H3. The van der Waals surface area contributed by atoms with Crippen molar-refractivity contribution in [3.8, 4) is 11.6 Å². The van der Waals surface area contributed by atoms with Gasteiger partial charge in [0.1, 0.15) is 0 Å². The second-order valence-electron chi connectivity index (χ2n) is 4.34. The number of halogens is 1. The molecule has 22 heavy (non-hydrogen) atoms. The number of Topliss-reactive ketones (excluding diaryl/α,β-unsaturated/α-hetero) is 1. The van der Waals surface area contributed by atoms with Gasteiger partial charge in [-0.25, -0.2) is 0 Å². The number of hydrogen-bond acceptors (Lipinski definition) is 6. The largest absolute Gasteiger partial charge is 0.461 e. The van der Waals surface area contributed by atoms with Gasteiger partial charge in [0.15, 0.2) is 22.5 Å². The molecule has 3 heterocycles. The Balaban J connectivity index is 1.74. The summed E-state index contributed by atoms with van der Waals surface area (Å²) in [5, 5.41) is 9.06. The molecule has 0 atom stereocenters. The predicted octanol–water partition coefficient (Wildman–Crippen LogP) is 4.36. The first kappa shape index (κ1) is 15.5. The highest BCUT2D eigenvalue weighted by molar-refractivity contribution is 9.11. The van der Waals surface area contributed by atoms with E-state index in [1.54, 1.807) is 6.26 Å². The lowest BCUT2D eigenvalue weighted by Gasteiger charge is -2.04. The summed E-state index contributed by atoms with van der Waals surface area (Å²) in [7, 11) is 0. The molecule has 0 unspecified atom stereocenters. The van der Waals surface area contributed by atoms with E-state index in [1.807, 2.05) is 35.8 Å². The third-order valence-electron chi connectivity index (χ3n) is 2.96. The zero-order valence-electron chi connectivity index (χ0n) is 11.7. The molecule has 0 saturated carbocycles. The van der Waals surface area contributed by atoms with Crippen molar-refractivity contribution in [3.63, 3.8) is 0 Å². The number of carbonyl (C=O) groups excluding carboxylic acids is 1. The number of nitrogens with zero attached hydrogens (tertiary/aromatic N) is 3.